The first kappa shape index (κ1) is 30.4. The number of carbonyl (C=O) groups excluding carboxylic acids is 4. The van der Waals surface area contributed by atoms with Gasteiger partial charge in [0.05, 0.1) is 0 Å². The van der Waals surface area contributed by atoms with Crippen LogP contribution in [0.25, 0.3) is 0 Å². The summed E-state index contributed by atoms with van der Waals surface area (Å²) >= 11 is 0. The number of primary amides is 1. The van der Waals surface area contributed by atoms with Gasteiger partial charge in [-0.2, -0.15) is 0 Å². The normalized spacial score (nSPS) is 17.9. The van der Waals surface area contributed by atoms with Crippen molar-refractivity contribution in [3.05, 3.63) is 34.9 Å². The van der Waals surface area contributed by atoms with Gasteiger partial charge in [0.2, 0.25) is 17.7 Å². The zero-order valence-corrected chi connectivity index (χ0v) is 24.2. The van der Waals surface area contributed by atoms with Crippen LogP contribution < -0.4 is 16.4 Å². The van der Waals surface area contributed by atoms with Crippen molar-refractivity contribution >= 4 is 23.8 Å². The third kappa shape index (κ3) is 8.70. The van der Waals surface area contributed by atoms with Crippen LogP contribution in [0.2, 0.25) is 0 Å². The lowest BCUT2D eigenvalue weighted by atomic mass is 9.86. The van der Waals surface area contributed by atoms with E-state index in [1.807, 2.05) is 32.0 Å². The van der Waals surface area contributed by atoms with E-state index in [2.05, 4.69) is 10.6 Å². The summed E-state index contributed by atoms with van der Waals surface area (Å²) in [5.41, 5.74) is 7.32. The van der Waals surface area contributed by atoms with Gasteiger partial charge in [0, 0.05) is 18.5 Å². The van der Waals surface area contributed by atoms with Crippen molar-refractivity contribution in [1.29, 1.82) is 0 Å². The number of nitrogens with one attached hydrogen (secondary N) is 2. The molecule has 2 atom stereocenters. The second-order valence-electron chi connectivity index (χ2n) is 12.1. The number of rotatable bonds is 10. The van der Waals surface area contributed by atoms with Gasteiger partial charge >= 0.3 is 6.09 Å². The molecule has 3 rings (SSSR count). The van der Waals surface area contributed by atoms with Crippen molar-refractivity contribution in [2.45, 2.75) is 129 Å². The van der Waals surface area contributed by atoms with Gasteiger partial charge in [-0.1, -0.05) is 43.0 Å². The molecule has 0 saturated heterocycles. The number of ether oxygens (including phenoxy) is 1. The fraction of sp³-hybridized carbons (Fsp3) is 0.667. The topological polar surface area (TPSA) is 131 Å². The number of benzene rings is 1. The third-order valence-electron chi connectivity index (χ3n) is 7.60. The molecule has 0 radical (unpaired) electrons. The molecule has 1 aromatic rings. The largest absolute Gasteiger partial charge is 0.444 e. The van der Waals surface area contributed by atoms with E-state index in [1.165, 1.54) is 0 Å². The van der Waals surface area contributed by atoms with Gasteiger partial charge in [0.15, 0.2) is 0 Å². The molecule has 4 amide bonds. The SMILES string of the molecule is Cc1ccc(C)c(C(C(=O)NC2CCCCC2)N(C(=O)C(CCC(N)=O)NC(=O)OC(C)(C)C)C2CCC2)c1. The van der Waals surface area contributed by atoms with Crippen LogP contribution in [0.4, 0.5) is 4.79 Å². The summed E-state index contributed by atoms with van der Waals surface area (Å²) in [6, 6.07) is 3.92. The van der Waals surface area contributed by atoms with Crippen LogP contribution in [-0.4, -0.2) is 52.4 Å². The molecule has 9 nitrogen and oxygen atoms in total. The van der Waals surface area contributed by atoms with Crippen molar-refractivity contribution in [3.8, 4) is 0 Å². The maximum absolute atomic E-state index is 14.3. The molecule has 2 aliphatic carbocycles. The standard InChI is InChI=1S/C30H46N4O5/c1-19-14-15-20(2)23(18-19)26(27(36)32-21-10-7-6-8-11-21)34(22-12-9-13-22)28(37)24(16-17-25(31)35)33-29(38)39-30(3,4)5/h14-15,18,21-22,24,26H,6-13,16-17H2,1-5H3,(H2,31,35)(H,32,36)(H,33,38). The number of hydrogen-bond donors (Lipinski definition) is 3. The molecule has 0 aliphatic heterocycles. The first-order chi connectivity index (χ1) is 18.4. The Morgan fingerprint density at radius 2 is 1.69 bits per heavy atom. The predicted octanol–water partition coefficient (Wildman–Crippen LogP) is 4.33. The maximum atomic E-state index is 14.3. The molecule has 0 heterocycles. The number of amides is 4. The van der Waals surface area contributed by atoms with Crippen LogP contribution in [0.15, 0.2) is 18.2 Å². The van der Waals surface area contributed by atoms with Gasteiger partial charge in [-0.05, 0) is 84.3 Å². The average Bonchev–Trinajstić information content (AvgIpc) is 2.81. The van der Waals surface area contributed by atoms with Gasteiger partial charge in [-0.25, -0.2) is 4.79 Å². The Balaban J connectivity index is 2.01. The highest BCUT2D eigenvalue weighted by Crippen LogP contribution is 2.36. The lowest BCUT2D eigenvalue weighted by Gasteiger charge is -2.44. The minimum Gasteiger partial charge on any atom is -0.444 e. The van der Waals surface area contributed by atoms with Crippen molar-refractivity contribution < 1.29 is 23.9 Å². The van der Waals surface area contributed by atoms with E-state index in [0.29, 0.717) is 0 Å². The fourth-order valence-electron chi connectivity index (χ4n) is 5.36. The number of carbonyl (C=O) groups is 4. The van der Waals surface area contributed by atoms with Gasteiger partial charge in [0.25, 0.3) is 0 Å². The van der Waals surface area contributed by atoms with Crippen LogP contribution in [0, 0.1) is 13.8 Å². The summed E-state index contributed by atoms with van der Waals surface area (Å²) in [6.07, 6.45) is 6.78. The van der Waals surface area contributed by atoms with E-state index in [1.54, 1.807) is 25.7 Å². The van der Waals surface area contributed by atoms with Gasteiger partial charge in [-0.3, -0.25) is 14.4 Å². The molecule has 216 valence electrons. The number of nitrogens with two attached hydrogens (primary N) is 1. The smallest absolute Gasteiger partial charge is 0.408 e. The minimum atomic E-state index is -1.07. The molecule has 2 unspecified atom stereocenters. The van der Waals surface area contributed by atoms with Gasteiger partial charge in [-0.15, -0.1) is 0 Å². The lowest BCUT2D eigenvalue weighted by molar-refractivity contribution is -0.148. The molecule has 9 heteroatoms. The molecule has 2 fully saturated rings. The molecule has 4 N–H and O–H groups in total. The van der Waals surface area contributed by atoms with Crippen LogP contribution in [0.5, 0.6) is 0 Å². The van der Waals surface area contributed by atoms with Crippen molar-refractivity contribution in [2.75, 3.05) is 0 Å². The van der Waals surface area contributed by atoms with E-state index in [0.717, 1.165) is 68.1 Å². The quantitative estimate of drug-likeness (QED) is 0.405. The zero-order chi connectivity index (χ0) is 28.7. The summed E-state index contributed by atoms with van der Waals surface area (Å²) in [4.78, 5) is 54.5. The summed E-state index contributed by atoms with van der Waals surface area (Å²) in [7, 11) is 0. The Morgan fingerprint density at radius 1 is 1.03 bits per heavy atom. The highest BCUT2D eigenvalue weighted by atomic mass is 16.6. The predicted molar refractivity (Wildman–Crippen MR) is 150 cm³/mol. The molecule has 39 heavy (non-hydrogen) atoms. The maximum Gasteiger partial charge on any atom is 0.408 e. The van der Waals surface area contributed by atoms with Gasteiger partial charge < -0.3 is 26.0 Å². The fourth-order valence-corrected chi connectivity index (χ4v) is 5.36. The Bertz CT molecular complexity index is 1040. The molecular formula is C30H46N4O5. The summed E-state index contributed by atoms with van der Waals surface area (Å²) in [5, 5.41) is 5.92. The summed E-state index contributed by atoms with van der Waals surface area (Å²) < 4.78 is 5.42. The Hall–Kier alpha value is -3.10. The average molecular weight is 543 g/mol. The number of aryl methyl sites for hydroxylation is 2. The summed E-state index contributed by atoms with van der Waals surface area (Å²) in [6.45, 7) is 9.12. The monoisotopic (exact) mass is 542 g/mol. The highest BCUT2D eigenvalue weighted by Gasteiger charge is 2.43. The van der Waals surface area contributed by atoms with E-state index in [-0.39, 0.29) is 30.8 Å². The second kappa shape index (κ2) is 13.3. The molecule has 0 bridgehead atoms. The Kier molecular flexibility index (Phi) is 10.4. The molecule has 1 aromatic carbocycles. The van der Waals surface area contributed by atoms with E-state index < -0.39 is 35.6 Å². The molecule has 2 aliphatic rings. The number of nitrogens with zero attached hydrogens (tertiary/aromatic N) is 1. The third-order valence-corrected chi connectivity index (χ3v) is 7.60. The van der Waals surface area contributed by atoms with Crippen molar-refractivity contribution in [3.63, 3.8) is 0 Å². The lowest BCUT2D eigenvalue weighted by Crippen LogP contribution is -2.58. The van der Waals surface area contributed by atoms with Crippen molar-refractivity contribution in [2.24, 2.45) is 5.73 Å². The number of alkyl carbamates (subject to hydrolysis) is 1. The zero-order valence-electron chi connectivity index (χ0n) is 24.2. The van der Waals surface area contributed by atoms with E-state index in [4.69, 9.17) is 10.5 Å². The second-order valence-corrected chi connectivity index (χ2v) is 12.1. The van der Waals surface area contributed by atoms with Crippen LogP contribution >= 0.6 is 0 Å². The van der Waals surface area contributed by atoms with Gasteiger partial charge in [0.1, 0.15) is 17.7 Å². The van der Waals surface area contributed by atoms with Crippen molar-refractivity contribution in [1.82, 2.24) is 15.5 Å². The molecular weight excluding hydrogens is 496 g/mol. The highest BCUT2D eigenvalue weighted by molar-refractivity contribution is 5.93. The summed E-state index contributed by atoms with van der Waals surface area (Å²) in [5.74, 6) is -1.19. The van der Waals surface area contributed by atoms with Crippen LogP contribution in [0.3, 0.4) is 0 Å². The molecule has 2 saturated carbocycles. The van der Waals surface area contributed by atoms with Crippen LogP contribution in [-0.2, 0) is 19.1 Å². The minimum absolute atomic E-state index is 0.0143. The van der Waals surface area contributed by atoms with E-state index in [9.17, 15) is 19.2 Å². The Labute approximate surface area is 232 Å². The van der Waals surface area contributed by atoms with E-state index >= 15 is 0 Å². The molecule has 0 aromatic heterocycles. The number of hydrogen-bond acceptors (Lipinski definition) is 5. The Morgan fingerprint density at radius 3 is 2.26 bits per heavy atom. The first-order valence-corrected chi connectivity index (χ1v) is 14.3. The first-order valence-electron chi connectivity index (χ1n) is 14.3. The van der Waals surface area contributed by atoms with Crippen LogP contribution in [0.1, 0.15) is 108 Å². The molecule has 0 spiro atoms.